The Balaban J connectivity index is 2.14. The van der Waals surface area contributed by atoms with Crippen LogP contribution in [0.5, 0.6) is 0 Å². The monoisotopic (exact) mass is 330 g/mol. The summed E-state index contributed by atoms with van der Waals surface area (Å²) in [5.41, 5.74) is 5.38. The fraction of sp³-hybridized carbons (Fsp3) is 0.462. The normalized spacial score (nSPS) is 23.7. The molecule has 9 heteroatoms. The molecule has 7 N–H and O–H groups in total. The second kappa shape index (κ2) is 7.38. The lowest BCUT2D eigenvalue weighted by Gasteiger charge is -2.30. The number of hydrogen-bond donors (Lipinski definition) is 7. The first-order valence-corrected chi connectivity index (χ1v) is 7.48. The van der Waals surface area contributed by atoms with Crippen LogP contribution in [0.25, 0.3) is 0 Å². The van der Waals surface area contributed by atoms with Crippen molar-refractivity contribution in [3.63, 3.8) is 0 Å². The van der Waals surface area contributed by atoms with Crippen LogP contribution in [0.2, 0.25) is 0 Å². The Labute approximate surface area is 130 Å². The number of hydrazine groups is 1. The predicted octanol–water partition coefficient (Wildman–Crippen LogP) is -2.21. The lowest BCUT2D eigenvalue weighted by Crippen LogP contribution is -2.55. The summed E-state index contributed by atoms with van der Waals surface area (Å²) in [6, 6.07) is 6.74. The minimum atomic E-state index is -1.73. The molecule has 1 aliphatic rings. The SMILES string of the molecule is O=C1NNC([C@H](O)[C@@H](O)[C@@H](O)[C@H](O)CO)Sc2ccccc21. The van der Waals surface area contributed by atoms with Crippen molar-refractivity contribution in [3.05, 3.63) is 29.8 Å². The molecule has 2 rings (SSSR count). The number of aliphatic hydroxyl groups excluding tert-OH is 5. The van der Waals surface area contributed by atoms with E-state index < -0.39 is 36.4 Å². The summed E-state index contributed by atoms with van der Waals surface area (Å²) in [7, 11) is 0. The number of nitrogens with one attached hydrogen (secondary N) is 2. The van der Waals surface area contributed by atoms with E-state index in [2.05, 4.69) is 10.9 Å². The molecule has 1 aromatic carbocycles. The molecule has 1 aliphatic heterocycles. The second-order valence-electron chi connectivity index (χ2n) is 4.85. The maximum atomic E-state index is 11.9. The van der Waals surface area contributed by atoms with E-state index in [1.165, 1.54) is 0 Å². The number of aliphatic hydroxyl groups is 5. The van der Waals surface area contributed by atoms with Crippen molar-refractivity contribution in [1.82, 2.24) is 10.9 Å². The van der Waals surface area contributed by atoms with Gasteiger partial charge in [0, 0.05) is 4.90 Å². The smallest absolute Gasteiger partial charge is 0.266 e. The number of hydrogen-bond acceptors (Lipinski definition) is 8. The molecule has 1 aromatic rings. The number of rotatable bonds is 5. The molecular formula is C13H18N2O6S. The number of thioether (sulfide) groups is 1. The largest absolute Gasteiger partial charge is 0.394 e. The molecule has 8 nitrogen and oxygen atoms in total. The van der Waals surface area contributed by atoms with Crippen LogP contribution in [0, 0.1) is 0 Å². The van der Waals surface area contributed by atoms with Gasteiger partial charge in [-0.05, 0) is 12.1 Å². The van der Waals surface area contributed by atoms with Gasteiger partial charge in [0.25, 0.3) is 5.91 Å². The Morgan fingerprint density at radius 3 is 2.50 bits per heavy atom. The van der Waals surface area contributed by atoms with Crippen LogP contribution in [0.4, 0.5) is 0 Å². The second-order valence-corrected chi connectivity index (χ2v) is 6.04. The summed E-state index contributed by atoms with van der Waals surface area (Å²) in [4.78, 5) is 12.5. The van der Waals surface area contributed by atoms with Crippen LogP contribution in [0.3, 0.4) is 0 Å². The first kappa shape index (κ1) is 17.2. The third kappa shape index (κ3) is 3.58. The van der Waals surface area contributed by atoms with E-state index in [0.717, 1.165) is 11.8 Å². The highest BCUT2D eigenvalue weighted by molar-refractivity contribution is 8.00. The molecule has 0 radical (unpaired) electrons. The fourth-order valence-electron chi connectivity index (χ4n) is 2.00. The van der Waals surface area contributed by atoms with Gasteiger partial charge in [-0.15, -0.1) is 11.8 Å². The van der Waals surface area contributed by atoms with Crippen LogP contribution in [0.15, 0.2) is 29.2 Å². The third-order valence-electron chi connectivity index (χ3n) is 3.30. The lowest BCUT2D eigenvalue weighted by atomic mass is 10.0. The summed E-state index contributed by atoms with van der Waals surface area (Å²) < 4.78 is 0. The topological polar surface area (TPSA) is 142 Å². The third-order valence-corrected chi connectivity index (χ3v) is 4.57. The van der Waals surface area contributed by atoms with Gasteiger partial charge in [0.05, 0.1) is 12.2 Å². The summed E-state index contributed by atoms with van der Waals surface area (Å²) >= 11 is 1.10. The number of benzene rings is 1. The van der Waals surface area contributed by atoms with Gasteiger partial charge in [-0.3, -0.25) is 10.2 Å². The van der Waals surface area contributed by atoms with Crippen molar-refractivity contribution in [2.75, 3.05) is 6.61 Å². The van der Waals surface area contributed by atoms with Gasteiger partial charge in [-0.25, -0.2) is 5.43 Å². The first-order valence-electron chi connectivity index (χ1n) is 6.60. The van der Waals surface area contributed by atoms with Crippen LogP contribution >= 0.6 is 11.8 Å². The van der Waals surface area contributed by atoms with Crippen LogP contribution in [-0.2, 0) is 0 Å². The first-order chi connectivity index (χ1) is 10.5. The predicted molar refractivity (Wildman–Crippen MR) is 77.8 cm³/mol. The Morgan fingerprint density at radius 1 is 1.14 bits per heavy atom. The zero-order valence-electron chi connectivity index (χ0n) is 11.5. The maximum Gasteiger partial charge on any atom is 0.266 e. The van der Waals surface area contributed by atoms with Crippen molar-refractivity contribution >= 4 is 17.7 Å². The van der Waals surface area contributed by atoms with Gasteiger partial charge >= 0.3 is 0 Å². The summed E-state index contributed by atoms with van der Waals surface area (Å²) in [5.74, 6) is -0.386. The van der Waals surface area contributed by atoms with E-state index >= 15 is 0 Å². The average Bonchev–Trinajstić information content (AvgIpc) is 2.71. The fourth-order valence-corrected chi connectivity index (χ4v) is 3.14. The zero-order valence-corrected chi connectivity index (χ0v) is 12.3. The standard InChI is InChI=1S/C13H18N2O6S/c16-5-7(17)9(18)10(19)11(20)13-15-14-12(21)6-3-1-2-4-8(6)22-13/h1-4,7,9-11,13,15-20H,5H2,(H,14,21)/t7-,9+,10+,11-,13?/m1/s1. The van der Waals surface area contributed by atoms with E-state index in [9.17, 15) is 25.2 Å². The lowest BCUT2D eigenvalue weighted by molar-refractivity contribution is -0.116. The molecule has 1 heterocycles. The highest BCUT2D eigenvalue weighted by Crippen LogP contribution is 2.30. The molecule has 0 fully saturated rings. The van der Waals surface area contributed by atoms with Crippen molar-refractivity contribution in [2.24, 2.45) is 0 Å². The van der Waals surface area contributed by atoms with Gasteiger partial charge in [-0.2, -0.15) is 0 Å². The Bertz CT molecular complexity index is 531. The van der Waals surface area contributed by atoms with Crippen molar-refractivity contribution in [1.29, 1.82) is 0 Å². The zero-order chi connectivity index (χ0) is 16.3. The summed E-state index contributed by atoms with van der Waals surface area (Å²) in [6.45, 7) is -0.754. The summed E-state index contributed by atoms with van der Waals surface area (Å²) in [5, 5.41) is 47.0. The molecule has 1 amide bonds. The van der Waals surface area contributed by atoms with Crippen molar-refractivity contribution in [2.45, 2.75) is 34.7 Å². The van der Waals surface area contributed by atoms with Crippen LogP contribution in [-0.4, -0.2) is 67.8 Å². The molecule has 0 aromatic heterocycles. The molecule has 0 spiro atoms. The van der Waals surface area contributed by atoms with Gasteiger partial charge in [0.15, 0.2) is 0 Å². The molecule has 0 bridgehead atoms. The van der Waals surface area contributed by atoms with E-state index in [4.69, 9.17) is 5.11 Å². The van der Waals surface area contributed by atoms with Crippen molar-refractivity contribution in [3.8, 4) is 0 Å². The van der Waals surface area contributed by atoms with E-state index in [0.29, 0.717) is 10.5 Å². The molecule has 0 saturated heterocycles. The highest BCUT2D eigenvalue weighted by atomic mass is 32.2. The molecule has 5 atom stereocenters. The Kier molecular flexibility index (Phi) is 5.75. The maximum absolute atomic E-state index is 11.9. The van der Waals surface area contributed by atoms with E-state index in [-0.39, 0.29) is 5.91 Å². The molecule has 22 heavy (non-hydrogen) atoms. The molecule has 0 aliphatic carbocycles. The Morgan fingerprint density at radius 2 is 1.82 bits per heavy atom. The highest BCUT2D eigenvalue weighted by Gasteiger charge is 2.36. The molecule has 0 saturated carbocycles. The number of amides is 1. The van der Waals surface area contributed by atoms with E-state index in [1.54, 1.807) is 24.3 Å². The number of carbonyl (C=O) groups is 1. The van der Waals surface area contributed by atoms with Crippen molar-refractivity contribution < 1.29 is 30.3 Å². The minimum absolute atomic E-state index is 0.386. The number of fused-ring (bicyclic) bond motifs is 1. The molecular weight excluding hydrogens is 312 g/mol. The summed E-state index contributed by atoms with van der Waals surface area (Å²) in [6.07, 6.45) is -6.53. The molecule has 122 valence electrons. The minimum Gasteiger partial charge on any atom is -0.394 e. The number of carbonyl (C=O) groups excluding carboxylic acids is 1. The van der Waals surface area contributed by atoms with Gasteiger partial charge < -0.3 is 25.5 Å². The quantitative estimate of drug-likeness (QED) is 0.322. The molecule has 1 unspecified atom stereocenters. The average molecular weight is 330 g/mol. The van der Waals surface area contributed by atoms with Crippen LogP contribution in [0.1, 0.15) is 10.4 Å². The van der Waals surface area contributed by atoms with Gasteiger partial charge in [0.2, 0.25) is 0 Å². The Hall–Kier alpha value is -1.20. The van der Waals surface area contributed by atoms with E-state index in [1.807, 2.05) is 0 Å². The van der Waals surface area contributed by atoms with Gasteiger partial charge in [-0.1, -0.05) is 12.1 Å². The van der Waals surface area contributed by atoms with Crippen LogP contribution < -0.4 is 10.9 Å². The van der Waals surface area contributed by atoms with Gasteiger partial charge in [0.1, 0.15) is 29.8 Å².